The van der Waals surface area contributed by atoms with Crippen LogP contribution in [-0.2, 0) is 19.7 Å². The van der Waals surface area contributed by atoms with Gasteiger partial charge in [-0.2, -0.15) is 8.42 Å². The first kappa shape index (κ1) is 26.4. The Bertz CT molecular complexity index is 1400. The van der Waals surface area contributed by atoms with Gasteiger partial charge in [-0.1, -0.05) is 18.2 Å². The number of nitro benzene ring substituents is 1. The summed E-state index contributed by atoms with van der Waals surface area (Å²) in [5.74, 6) is -0.866. The number of thioether (sulfide) groups is 1. The van der Waals surface area contributed by atoms with E-state index in [1.165, 1.54) is 49.4 Å². The van der Waals surface area contributed by atoms with Gasteiger partial charge in [0.05, 0.1) is 9.83 Å². The molecular formula is C24H23N3O8S2. The summed E-state index contributed by atoms with van der Waals surface area (Å²) in [6.45, 7) is 2.44. The Morgan fingerprint density at radius 3 is 2.43 bits per heavy atom. The maximum absolute atomic E-state index is 12.7. The standard InChI is InChI=1S/C24H23N3O8S2/c1-16-5-10-19(14-20(16)27(31)32)37(33,34)35-18-8-6-17(7-9-18)13-21-23(29)26(24(30)36-21)15-22(28)25-11-3-2-4-12-25/h5-10,13-14H,2-4,11-12,15H2,1H3/b21-13-. The average molecular weight is 546 g/mol. The predicted octanol–water partition coefficient (Wildman–Crippen LogP) is 3.72. The van der Waals surface area contributed by atoms with Crippen LogP contribution < -0.4 is 4.18 Å². The van der Waals surface area contributed by atoms with Crippen LogP contribution in [0.1, 0.15) is 30.4 Å². The van der Waals surface area contributed by atoms with Crippen LogP contribution in [0.3, 0.4) is 0 Å². The van der Waals surface area contributed by atoms with Crippen molar-refractivity contribution < 1.29 is 31.9 Å². The number of carbonyl (C=O) groups is 3. The Morgan fingerprint density at radius 1 is 1.11 bits per heavy atom. The van der Waals surface area contributed by atoms with Gasteiger partial charge in [-0.25, -0.2) is 0 Å². The summed E-state index contributed by atoms with van der Waals surface area (Å²) in [4.78, 5) is 50.4. The third kappa shape index (κ3) is 6.00. The van der Waals surface area contributed by atoms with E-state index in [0.717, 1.165) is 42.0 Å². The minimum Gasteiger partial charge on any atom is -0.379 e. The van der Waals surface area contributed by atoms with E-state index in [-0.39, 0.29) is 33.7 Å². The molecule has 0 N–H and O–H groups in total. The third-order valence-electron chi connectivity index (χ3n) is 5.93. The molecule has 2 aromatic rings. The van der Waals surface area contributed by atoms with Gasteiger partial charge in [0.2, 0.25) is 5.91 Å². The highest BCUT2D eigenvalue weighted by molar-refractivity contribution is 8.18. The van der Waals surface area contributed by atoms with Gasteiger partial charge in [-0.3, -0.25) is 29.4 Å². The molecule has 2 aliphatic rings. The summed E-state index contributed by atoms with van der Waals surface area (Å²) in [5, 5.41) is 10.6. The lowest BCUT2D eigenvalue weighted by Crippen LogP contribution is -2.44. The summed E-state index contributed by atoms with van der Waals surface area (Å²) in [6, 6.07) is 9.19. The lowest BCUT2D eigenvalue weighted by atomic mass is 10.1. The molecule has 2 saturated heterocycles. The molecule has 2 heterocycles. The summed E-state index contributed by atoms with van der Waals surface area (Å²) in [6.07, 6.45) is 4.33. The molecule has 0 atom stereocenters. The van der Waals surface area contributed by atoms with Crippen molar-refractivity contribution >= 4 is 50.7 Å². The highest BCUT2D eigenvalue weighted by atomic mass is 32.2. The van der Waals surface area contributed by atoms with E-state index >= 15 is 0 Å². The molecule has 0 aliphatic carbocycles. The summed E-state index contributed by atoms with van der Waals surface area (Å²) < 4.78 is 30.3. The Kier molecular flexibility index (Phi) is 7.64. The molecule has 0 radical (unpaired) electrons. The quantitative estimate of drug-likeness (QED) is 0.220. The van der Waals surface area contributed by atoms with Crippen LogP contribution in [0.4, 0.5) is 10.5 Å². The van der Waals surface area contributed by atoms with Crippen molar-refractivity contribution in [3.63, 3.8) is 0 Å². The number of benzene rings is 2. The maximum Gasteiger partial charge on any atom is 0.339 e. The van der Waals surface area contributed by atoms with Crippen LogP contribution in [0.15, 0.2) is 52.3 Å². The third-order valence-corrected chi connectivity index (χ3v) is 8.08. The van der Waals surface area contributed by atoms with Gasteiger partial charge in [0.15, 0.2) is 0 Å². The molecule has 0 spiro atoms. The Morgan fingerprint density at radius 2 is 1.78 bits per heavy atom. The molecule has 0 aromatic heterocycles. The fraction of sp³-hybridized carbons (Fsp3) is 0.292. The molecule has 0 unspecified atom stereocenters. The van der Waals surface area contributed by atoms with Crippen molar-refractivity contribution in [3.05, 3.63) is 68.6 Å². The summed E-state index contributed by atoms with van der Waals surface area (Å²) in [5.41, 5.74) is 0.476. The largest absolute Gasteiger partial charge is 0.379 e. The fourth-order valence-corrected chi connectivity index (χ4v) is 5.69. The van der Waals surface area contributed by atoms with Crippen molar-refractivity contribution in [1.29, 1.82) is 0 Å². The van der Waals surface area contributed by atoms with E-state index in [1.807, 2.05) is 0 Å². The summed E-state index contributed by atoms with van der Waals surface area (Å²) >= 11 is 0.727. The number of carbonyl (C=O) groups excluding carboxylic acids is 3. The maximum atomic E-state index is 12.7. The van der Waals surface area contributed by atoms with E-state index in [2.05, 4.69) is 0 Å². The zero-order valence-corrected chi connectivity index (χ0v) is 21.4. The highest BCUT2D eigenvalue weighted by Crippen LogP contribution is 2.33. The topological polar surface area (TPSA) is 144 Å². The number of imide groups is 1. The van der Waals surface area contributed by atoms with Crippen molar-refractivity contribution in [2.45, 2.75) is 31.1 Å². The number of aryl methyl sites for hydroxylation is 1. The molecule has 4 rings (SSSR count). The zero-order valence-electron chi connectivity index (χ0n) is 19.8. The van der Waals surface area contributed by atoms with E-state index in [9.17, 15) is 32.9 Å². The van der Waals surface area contributed by atoms with Crippen LogP contribution in [0.5, 0.6) is 5.75 Å². The van der Waals surface area contributed by atoms with E-state index in [4.69, 9.17) is 4.18 Å². The van der Waals surface area contributed by atoms with Crippen LogP contribution in [0.2, 0.25) is 0 Å². The number of hydrogen-bond donors (Lipinski definition) is 0. The highest BCUT2D eigenvalue weighted by Gasteiger charge is 2.37. The van der Waals surface area contributed by atoms with Gasteiger partial charge in [0.25, 0.3) is 16.8 Å². The Labute approximate surface area is 217 Å². The SMILES string of the molecule is Cc1ccc(S(=O)(=O)Oc2ccc(/C=C3\SC(=O)N(CC(=O)N4CCCCC4)C3=O)cc2)cc1[N+](=O)[O-]. The molecule has 2 aromatic carbocycles. The average Bonchev–Trinajstić information content (AvgIpc) is 3.12. The number of piperidine rings is 1. The van der Waals surface area contributed by atoms with Gasteiger partial charge < -0.3 is 9.08 Å². The second-order valence-corrected chi connectivity index (χ2v) is 11.1. The molecule has 13 heteroatoms. The van der Waals surface area contributed by atoms with Gasteiger partial charge in [-0.05, 0) is 67.8 Å². The first-order valence-electron chi connectivity index (χ1n) is 11.4. The molecule has 37 heavy (non-hydrogen) atoms. The molecule has 0 saturated carbocycles. The van der Waals surface area contributed by atoms with Crippen LogP contribution >= 0.6 is 11.8 Å². The van der Waals surface area contributed by atoms with Crippen LogP contribution in [-0.4, -0.2) is 59.8 Å². The number of amides is 3. The molecule has 194 valence electrons. The fourth-order valence-electron chi connectivity index (χ4n) is 3.90. The lowest BCUT2D eigenvalue weighted by molar-refractivity contribution is -0.385. The summed E-state index contributed by atoms with van der Waals surface area (Å²) in [7, 11) is -4.33. The van der Waals surface area contributed by atoms with Gasteiger partial charge >= 0.3 is 10.1 Å². The lowest BCUT2D eigenvalue weighted by Gasteiger charge is -2.27. The second kappa shape index (κ2) is 10.7. The molecule has 0 bridgehead atoms. The minimum atomic E-state index is -4.33. The number of hydrogen-bond acceptors (Lipinski definition) is 9. The number of likely N-dealkylation sites (tertiary alicyclic amines) is 1. The Hall–Kier alpha value is -3.71. The van der Waals surface area contributed by atoms with Crippen molar-refractivity contribution in [2.75, 3.05) is 19.6 Å². The minimum absolute atomic E-state index is 0.0411. The first-order valence-corrected chi connectivity index (χ1v) is 13.6. The van der Waals surface area contributed by atoms with Crippen molar-refractivity contribution in [1.82, 2.24) is 9.80 Å². The number of rotatable bonds is 7. The number of nitro groups is 1. The zero-order chi connectivity index (χ0) is 26.7. The van der Waals surface area contributed by atoms with Gasteiger partial charge in [-0.15, -0.1) is 0 Å². The second-order valence-electron chi connectivity index (χ2n) is 8.52. The molecule has 2 aliphatic heterocycles. The van der Waals surface area contributed by atoms with Crippen molar-refractivity contribution in [2.24, 2.45) is 0 Å². The van der Waals surface area contributed by atoms with Crippen molar-refractivity contribution in [3.8, 4) is 5.75 Å². The molecule has 2 fully saturated rings. The molecular weight excluding hydrogens is 522 g/mol. The smallest absolute Gasteiger partial charge is 0.339 e. The van der Waals surface area contributed by atoms with Crippen LogP contribution in [0.25, 0.3) is 6.08 Å². The van der Waals surface area contributed by atoms with Gasteiger partial charge in [0, 0.05) is 24.7 Å². The normalized spacial score (nSPS) is 17.4. The predicted molar refractivity (Wildman–Crippen MR) is 135 cm³/mol. The first-order chi connectivity index (χ1) is 17.5. The van der Waals surface area contributed by atoms with E-state index in [0.29, 0.717) is 24.2 Å². The molecule has 3 amide bonds. The van der Waals surface area contributed by atoms with Gasteiger partial charge in [0.1, 0.15) is 17.2 Å². The van der Waals surface area contributed by atoms with Crippen LogP contribution in [0, 0.1) is 17.0 Å². The van der Waals surface area contributed by atoms with E-state index < -0.39 is 26.2 Å². The van der Waals surface area contributed by atoms with E-state index in [1.54, 1.807) is 4.90 Å². The Balaban J connectivity index is 1.44. The number of nitrogens with zero attached hydrogens (tertiary/aromatic N) is 3. The molecule has 11 nitrogen and oxygen atoms in total. The monoisotopic (exact) mass is 545 g/mol.